The fraction of sp³-hybridized carbons (Fsp3) is 0.286. The van der Waals surface area contributed by atoms with Crippen molar-refractivity contribution in [2.75, 3.05) is 0 Å². The van der Waals surface area contributed by atoms with Gasteiger partial charge in [-0.15, -0.1) is 23.6 Å². The Bertz CT molecular complexity index is 205. The van der Waals surface area contributed by atoms with Crippen molar-refractivity contribution in [2.24, 2.45) is 0 Å². The van der Waals surface area contributed by atoms with E-state index >= 15 is 0 Å². The summed E-state index contributed by atoms with van der Waals surface area (Å²) in [7, 11) is 0. The van der Waals surface area contributed by atoms with Crippen molar-refractivity contribution in [1.82, 2.24) is 9.97 Å². The molecule has 1 heterocycles. The highest BCUT2D eigenvalue weighted by Crippen LogP contribution is 1.95. The molecule has 0 aliphatic heterocycles. The molecule has 0 saturated heterocycles. The van der Waals surface area contributed by atoms with E-state index in [0.29, 0.717) is 0 Å². The predicted octanol–water partition coefficient (Wildman–Crippen LogP) is 2.02. The predicted molar refractivity (Wildman–Crippen MR) is 47.5 cm³/mol. The van der Waals surface area contributed by atoms with Gasteiger partial charge in [0.15, 0.2) is 0 Å². The highest BCUT2D eigenvalue weighted by atomic mass is 79.9. The summed E-state index contributed by atoms with van der Waals surface area (Å²) in [5.41, 5.74) is 1.06. The topological polar surface area (TPSA) is 28.7 Å². The highest BCUT2D eigenvalue weighted by molar-refractivity contribution is 8.93. The van der Waals surface area contributed by atoms with Gasteiger partial charge < -0.3 is 4.98 Å². The molecule has 1 N–H and O–H groups in total. The first-order valence-electron chi connectivity index (χ1n) is 2.94. The van der Waals surface area contributed by atoms with Gasteiger partial charge in [-0.3, -0.25) is 0 Å². The third-order valence-corrected chi connectivity index (χ3v) is 1.11. The van der Waals surface area contributed by atoms with Gasteiger partial charge in [0.1, 0.15) is 5.82 Å². The molecule has 2 nitrogen and oxygen atoms in total. The Morgan fingerprint density at radius 3 is 2.90 bits per heavy atom. The summed E-state index contributed by atoms with van der Waals surface area (Å²) >= 11 is 0. The van der Waals surface area contributed by atoms with E-state index in [2.05, 4.69) is 16.5 Å². The first kappa shape index (κ1) is 9.43. The lowest BCUT2D eigenvalue weighted by atomic mass is 10.3. The minimum atomic E-state index is 0. The number of imidazole rings is 1. The molecular formula is C7H11BrN2. The van der Waals surface area contributed by atoms with Crippen LogP contribution in [0.15, 0.2) is 18.9 Å². The molecule has 0 aliphatic carbocycles. The van der Waals surface area contributed by atoms with Gasteiger partial charge in [0.25, 0.3) is 0 Å². The van der Waals surface area contributed by atoms with Crippen LogP contribution in [0.3, 0.4) is 0 Å². The van der Waals surface area contributed by atoms with Crippen LogP contribution in [0.5, 0.6) is 0 Å². The van der Waals surface area contributed by atoms with Crippen molar-refractivity contribution < 1.29 is 0 Å². The number of nitrogens with one attached hydrogen (secondary N) is 1. The van der Waals surface area contributed by atoms with Gasteiger partial charge >= 0.3 is 0 Å². The SMILES string of the molecule is Br.C=CCc1c[nH]c(C)n1. The van der Waals surface area contributed by atoms with E-state index < -0.39 is 0 Å². The molecule has 1 aromatic heterocycles. The van der Waals surface area contributed by atoms with Gasteiger partial charge in [-0.2, -0.15) is 0 Å². The second-order valence-electron chi connectivity index (χ2n) is 1.97. The molecule has 1 rings (SSSR count). The number of aromatic nitrogens is 2. The summed E-state index contributed by atoms with van der Waals surface area (Å²) in [4.78, 5) is 7.17. The summed E-state index contributed by atoms with van der Waals surface area (Å²) in [5.74, 6) is 0.965. The fourth-order valence-corrected chi connectivity index (χ4v) is 0.720. The number of rotatable bonds is 2. The van der Waals surface area contributed by atoms with E-state index in [1.807, 2.05) is 19.2 Å². The molecule has 0 radical (unpaired) electrons. The fourth-order valence-electron chi connectivity index (χ4n) is 0.720. The van der Waals surface area contributed by atoms with Crippen molar-refractivity contribution in [3.05, 3.63) is 30.4 Å². The van der Waals surface area contributed by atoms with Gasteiger partial charge in [0.05, 0.1) is 5.69 Å². The molecular weight excluding hydrogens is 192 g/mol. The first-order valence-corrected chi connectivity index (χ1v) is 2.94. The van der Waals surface area contributed by atoms with Gasteiger partial charge in [-0.05, 0) is 6.92 Å². The lowest BCUT2D eigenvalue weighted by molar-refractivity contribution is 1.09. The number of aromatic amines is 1. The van der Waals surface area contributed by atoms with E-state index in [9.17, 15) is 0 Å². The second kappa shape index (κ2) is 4.28. The minimum Gasteiger partial charge on any atom is -0.349 e. The van der Waals surface area contributed by atoms with Gasteiger partial charge in [0.2, 0.25) is 0 Å². The molecule has 0 fully saturated rings. The Labute approximate surface area is 71.1 Å². The summed E-state index contributed by atoms with van der Waals surface area (Å²) in [5, 5.41) is 0. The summed E-state index contributed by atoms with van der Waals surface area (Å²) in [6.07, 6.45) is 4.59. The monoisotopic (exact) mass is 202 g/mol. The van der Waals surface area contributed by atoms with E-state index in [1.165, 1.54) is 0 Å². The molecule has 0 unspecified atom stereocenters. The molecule has 0 aliphatic rings. The zero-order chi connectivity index (χ0) is 6.69. The van der Waals surface area contributed by atoms with Crippen LogP contribution in [-0.4, -0.2) is 9.97 Å². The largest absolute Gasteiger partial charge is 0.349 e. The van der Waals surface area contributed by atoms with Crippen LogP contribution in [0.1, 0.15) is 11.5 Å². The van der Waals surface area contributed by atoms with Gasteiger partial charge in [-0.1, -0.05) is 6.08 Å². The molecule has 0 spiro atoms. The molecule has 56 valence electrons. The standard InChI is InChI=1S/C7H10N2.BrH/c1-3-4-7-5-8-6(2)9-7;/h3,5H,1,4H2,2H3,(H,8,9);1H. The zero-order valence-corrected chi connectivity index (χ0v) is 7.64. The number of hydrogen-bond donors (Lipinski definition) is 1. The van der Waals surface area contributed by atoms with Crippen LogP contribution in [0.25, 0.3) is 0 Å². The van der Waals surface area contributed by atoms with Crippen LogP contribution in [-0.2, 0) is 6.42 Å². The third-order valence-electron chi connectivity index (χ3n) is 1.11. The maximum absolute atomic E-state index is 4.17. The molecule has 1 aromatic rings. The Morgan fingerprint density at radius 1 is 1.80 bits per heavy atom. The van der Waals surface area contributed by atoms with E-state index in [0.717, 1.165) is 17.9 Å². The van der Waals surface area contributed by atoms with Gasteiger partial charge in [-0.25, -0.2) is 4.98 Å². The molecule has 0 atom stereocenters. The van der Waals surface area contributed by atoms with Gasteiger partial charge in [0, 0.05) is 12.6 Å². The second-order valence-corrected chi connectivity index (χ2v) is 1.97. The Hall–Kier alpha value is -0.570. The van der Waals surface area contributed by atoms with Crippen LogP contribution in [0.2, 0.25) is 0 Å². The lowest BCUT2D eigenvalue weighted by Crippen LogP contribution is -1.78. The smallest absolute Gasteiger partial charge is 0.103 e. The summed E-state index contributed by atoms with van der Waals surface area (Å²) < 4.78 is 0. The average molecular weight is 203 g/mol. The molecule has 0 aromatic carbocycles. The molecule has 10 heavy (non-hydrogen) atoms. The van der Waals surface area contributed by atoms with E-state index in [4.69, 9.17) is 0 Å². The number of hydrogen-bond acceptors (Lipinski definition) is 1. The Morgan fingerprint density at radius 2 is 2.50 bits per heavy atom. The van der Waals surface area contributed by atoms with Crippen molar-refractivity contribution >= 4 is 17.0 Å². The van der Waals surface area contributed by atoms with Crippen molar-refractivity contribution in [3.63, 3.8) is 0 Å². The quantitative estimate of drug-likeness (QED) is 0.732. The summed E-state index contributed by atoms with van der Waals surface area (Å²) in [6.45, 7) is 5.55. The van der Waals surface area contributed by atoms with Crippen molar-refractivity contribution in [2.45, 2.75) is 13.3 Å². The van der Waals surface area contributed by atoms with Crippen LogP contribution in [0, 0.1) is 6.92 Å². The number of H-pyrrole nitrogens is 1. The normalized spacial score (nSPS) is 8.50. The first-order chi connectivity index (χ1) is 4.33. The van der Waals surface area contributed by atoms with Crippen LogP contribution < -0.4 is 0 Å². The van der Waals surface area contributed by atoms with Crippen LogP contribution in [0.4, 0.5) is 0 Å². The molecule has 0 bridgehead atoms. The maximum Gasteiger partial charge on any atom is 0.103 e. The molecule has 3 heteroatoms. The highest BCUT2D eigenvalue weighted by Gasteiger charge is 1.91. The lowest BCUT2D eigenvalue weighted by Gasteiger charge is -1.81. The average Bonchev–Trinajstić information content (AvgIpc) is 2.17. The number of halogens is 1. The molecule has 0 amide bonds. The third kappa shape index (κ3) is 2.35. The van der Waals surface area contributed by atoms with Crippen LogP contribution >= 0.6 is 17.0 Å². The summed E-state index contributed by atoms with van der Waals surface area (Å²) in [6, 6.07) is 0. The minimum absolute atomic E-state index is 0. The molecule has 0 saturated carbocycles. The van der Waals surface area contributed by atoms with Crippen molar-refractivity contribution in [1.29, 1.82) is 0 Å². The zero-order valence-electron chi connectivity index (χ0n) is 5.92. The number of allylic oxidation sites excluding steroid dienone is 1. The number of nitrogens with zero attached hydrogens (tertiary/aromatic N) is 1. The Balaban J connectivity index is 0.000000810. The Kier molecular flexibility index (Phi) is 4.03. The maximum atomic E-state index is 4.17. The van der Waals surface area contributed by atoms with Crippen molar-refractivity contribution in [3.8, 4) is 0 Å². The number of aryl methyl sites for hydroxylation is 1. The van der Waals surface area contributed by atoms with E-state index in [-0.39, 0.29) is 17.0 Å². The van der Waals surface area contributed by atoms with E-state index in [1.54, 1.807) is 0 Å².